The minimum absolute atomic E-state index is 0.0826. The van der Waals surface area contributed by atoms with Gasteiger partial charge < -0.3 is 11.1 Å². The van der Waals surface area contributed by atoms with Gasteiger partial charge in [0.15, 0.2) is 0 Å². The fourth-order valence-electron chi connectivity index (χ4n) is 2.53. The zero-order chi connectivity index (χ0) is 14.1. The first-order chi connectivity index (χ1) is 9.63. The first-order valence-electron chi connectivity index (χ1n) is 6.43. The van der Waals surface area contributed by atoms with E-state index in [1.165, 1.54) is 11.1 Å². The maximum Gasteiger partial charge on any atom is 0.271 e. The molecule has 20 heavy (non-hydrogen) atoms. The third-order valence-corrected chi connectivity index (χ3v) is 3.77. The van der Waals surface area contributed by atoms with Crippen LogP contribution in [0, 0.1) is 0 Å². The van der Waals surface area contributed by atoms with Crippen LogP contribution in [-0.2, 0) is 12.8 Å². The number of nitrogens with zero attached hydrogens (tertiary/aromatic N) is 1. The monoisotopic (exact) mass is 287 g/mol. The quantitative estimate of drug-likeness (QED) is 0.890. The van der Waals surface area contributed by atoms with Crippen LogP contribution < -0.4 is 11.1 Å². The lowest BCUT2D eigenvalue weighted by molar-refractivity contribution is 0.0934. The normalized spacial score (nSPS) is 14.1. The molecular formula is C15H14ClN3O. The minimum atomic E-state index is -0.278. The van der Waals surface area contributed by atoms with E-state index in [9.17, 15) is 4.79 Å². The Morgan fingerprint density at radius 1 is 1.20 bits per heavy atom. The highest BCUT2D eigenvalue weighted by Gasteiger charge is 2.24. The molecule has 0 fully saturated rings. The fraction of sp³-hybridized carbons (Fsp3) is 0.200. The number of nitrogen functional groups attached to an aromatic ring is 1. The van der Waals surface area contributed by atoms with Gasteiger partial charge in [-0.3, -0.25) is 4.79 Å². The van der Waals surface area contributed by atoms with Crippen molar-refractivity contribution in [2.45, 2.75) is 18.9 Å². The molecule has 3 N–H and O–H groups in total. The first-order valence-corrected chi connectivity index (χ1v) is 6.81. The molecule has 1 heterocycles. The second-order valence-corrected chi connectivity index (χ2v) is 5.32. The molecule has 1 aliphatic rings. The highest BCUT2D eigenvalue weighted by Crippen LogP contribution is 2.22. The van der Waals surface area contributed by atoms with Crippen LogP contribution in [0.25, 0.3) is 0 Å². The zero-order valence-corrected chi connectivity index (χ0v) is 11.5. The van der Waals surface area contributed by atoms with Crippen molar-refractivity contribution in [1.29, 1.82) is 0 Å². The van der Waals surface area contributed by atoms with E-state index in [-0.39, 0.29) is 23.5 Å². The van der Waals surface area contributed by atoms with E-state index >= 15 is 0 Å². The van der Waals surface area contributed by atoms with Crippen molar-refractivity contribution in [1.82, 2.24) is 10.3 Å². The lowest BCUT2D eigenvalue weighted by Gasteiger charge is -2.12. The summed E-state index contributed by atoms with van der Waals surface area (Å²) >= 11 is 5.99. The third kappa shape index (κ3) is 2.47. The number of benzene rings is 1. The van der Waals surface area contributed by atoms with E-state index in [2.05, 4.69) is 22.4 Å². The molecule has 1 aromatic carbocycles. The van der Waals surface area contributed by atoms with Crippen LogP contribution in [0.2, 0.25) is 5.02 Å². The van der Waals surface area contributed by atoms with E-state index in [0.29, 0.717) is 5.02 Å². The van der Waals surface area contributed by atoms with Crippen LogP contribution >= 0.6 is 11.6 Å². The van der Waals surface area contributed by atoms with E-state index < -0.39 is 0 Å². The van der Waals surface area contributed by atoms with E-state index in [0.717, 1.165) is 12.8 Å². The zero-order valence-electron chi connectivity index (χ0n) is 10.8. The summed E-state index contributed by atoms with van der Waals surface area (Å²) in [6.45, 7) is 0. The topological polar surface area (TPSA) is 68.0 Å². The maximum atomic E-state index is 12.2. The Hall–Kier alpha value is -2.07. The van der Waals surface area contributed by atoms with Gasteiger partial charge in [0.2, 0.25) is 0 Å². The van der Waals surface area contributed by atoms with Gasteiger partial charge in [-0.05, 0) is 36.1 Å². The van der Waals surface area contributed by atoms with Crippen LogP contribution in [0.15, 0.2) is 36.4 Å². The summed E-state index contributed by atoms with van der Waals surface area (Å²) in [5.74, 6) is 0.00867. The fourth-order valence-corrected chi connectivity index (χ4v) is 2.72. The molecule has 2 aromatic rings. The second kappa shape index (κ2) is 5.13. The lowest BCUT2D eigenvalue weighted by atomic mass is 10.1. The Morgan fingerprint density at radius 2 is 1.85 bits per heavy atom. The molecule has 0 unspecified atom stereocenters. The molecule has 0 bridgehead atoms. The number of pyridine rings is 1. The molecule has 1 aromatic heterocycles. The number of hydrogen-bond donors (Lipinski definition) is 2. The molecule has 3 rings (SSSR count). The Bertz CT molecular complexity index is 647. The first kappa shape index (κ1) is 12.9. The summed E-state index contributed by atoms with van der Waals surface area (Å²) in [6.07, 6.45) is 1.67. The Morgan fingerprint density at radius 3 is 2.50 bits per heavy atom. The minimum Gasteiger partial charge on any atom is -0.384 e. The summed E-state index contributed by atoms with van der Waals surface area (Å²) in [5, 5.41) is 3.28. The van der Waals surface area contributed by atoms with Crippen molar-refractivity contribution in [3.8, 4) is 0 Å². The Balaban J connectivity index is 1.74. The highest BCUT2D eigenvalue weighted by molar-refractivity contribution is 6.33. The molecule has 102 valence electrons. The summed E-state index contributed by atoms with van der Waals surface area (Å²) in [4.78, 5) is 16.2. The standard InChI is InChI=1S/C15H14ClN3O/c16-12-5-6-13(17)19-14(12)15(20)18-11-7-9-3-1-2-4-10(9)8-11/h1-6,11H,7-8H2,(H2,17,19)(H,18,20). The van der Waals surface area contributed by atoms with Crippen LogP contribution in [0.3, 0.4) is 0 Å². The molecular weight excluding hydrogens is 274 g/mol. The van der Waals surface area contributed by atoms with Gasteiger partial charge in [-0.2, -0.15) is 0 Å². The number of rotatable bonds is 2. The molecule has 0 radical (unpaired) electrons. The molecule has 0 saturated heterocycles. The van der Waals surface area contributed by atoms with Crippen molar-refractivity contribution in [3.05, 3.63) is 58.2 Å². The number of carbonyl (C=O) groups is 1. The number of carbonyl (C=O) groups excluding carboxylic acids is 1. The Labute approximate surface area is 122 Å². The SMILES string of the molecule is Nc1ccc(Cl)c(C(=O)NC2Cc3ccccc3C2)n1. The largest absolute Gasteiger partial charge is 0.384 e. The van der Waals surface area contributed by atoms with Gasteiger partial charge in [0.25, 0.3) is 5.91 Å². The van der Waals surface area contributed by atoms with Crippen molar-refractivity contribution in [2.24, 2.45) is 0 Å². The number of amides is 1. The van der Waals surface area contributed by atoms with Crippen LogP contribution in [-0.4, -0.2) is 16.9 Å². The molecule has 1 amide bonds. The number of hydrogen-bond acceptors (Lipinski definition) is 3. The van der Waals surface area contributed by atoms with Gasteiger partial charge >= 0.3 is 0 Å². The van der Waals surface area contributed by atoms with Gasteiger partial charge in [0.05, 0.1) is 5.02 Å². The average molecular weight is 288 g/mol. The smallest absolute Gasteiger partial charge is 0.271 e. The Kier molecular flexibility index (Phi) is 3.32. The molecule has 0 atom stereocenters. The highest BCUT2D eigenvalue weighted by atomic mass is 35.5. The summed E-state index contributed by atoms with van der Waals surface area (Å²) in [6, 6.07) is 11.4. The third-order valence-electron chi connectivity index (χ3n) is 3.47. The lowest BCUT2D eigenvalue weighted by Crippen LogP contribution is -2.36. The van der Waals surface area contributed by atoms with E-state index in [1.54, 1.807) is 12.1 Å². The molecule has 4 nitrogen and oxygen atoms in total. The number of halogens is 1. The van der Waals surface area contributed by atoms with Crippen molar-refractivity contribution in [2.75, 3.05) is 5.73 Å². The molecule has 0 aliphatic heterocycles. The number of aromatic nitrogens is 1. The van der Waals surface area contributed by atoms with Crippen molar-refractivity contribution >= 4 is 23.3 Å². The van der Waals surface area contributed by atoms with Gasteiger partial charge in [0, 0.05) is 6.04 Å². The number of nitrogens with one attached hydrogen (secondary N) is 1. The predicted molar refractivity (Wildman–Crippen MR) is 78.8 cm³/mol. The summed E-state index contributed by atoms with van der Waals surface area (Å²) in [7, 11) is 0. The van der Waals surface area contributed by atoms with E-state index in [1.807, 2.05) is 12.1 Å². The molecule has 0 spiro atoms. The number of anilines is 1. The van der Waals surface area contributed by atoms with Crippen molar-refractivity contribution < 1.29 is 4.79 Å². The molecule has 1 aliphatic carbocycles. The van der Waals surface area contributed by atoms with Gasteiger partial charge in [-0.1, -0.05) is 35.9 Å². The summed E-state index contributed by atoms with van der Waals surface area (Å²) < 4.78 is 0. The van der Waals surface area contributed by atoms with Gasteiger partial charge in [0.1, 0.15) is 11.5 Å². The van der Waals surface area contributed by atoms with Crippen LogP contribution in [0.5, 0.6) is 0 Å². The average Bonchev–Trinajstić information content (AvgIpc) is 2.83. The molecule has 0 saturated carbocycles. The molecule has 5 heteroatoms. The maximum absolute atomic E-state index is 12.2. The number of fused-ring (bicyclic) bond motifs is 1. The van der Waals surface area contributed by atoms with Gasteiger partial charge in [-0.25, -0.2) is 4.98 Å². The van der Waals surface area contributed by atoms with Crippen molar-refractivity contribution in [3.63, 3.8) is 0 Å². The van der Waals surface area contributed by atoms with E-state index in [4.69, 9.17) is 17.3 Å². The van der Waals surface area contributed by atoms with Crippen LogP contribution in [0.1, 0.15) is 21.6 Å². The number of nitrogens with two attached hydrogens (primary N) is 1. The van der Waals surface area contributed by atoms with Gasteiger partial charge in [-0.15, -0.1) is 0 Å². The summed E-state index contributed by atoms with van der Waals surface area (Å²) in [5.41, 5.74) is 8.34. The predicted octanol–water partition coefficient (Wildman–Crippen LogP) is 2.21. The second-order valence-electron chi connectivity index (χ2n) is 4.91. The van der Waals surface area contributed by atoms with Crippen LogP contribution in [0.4, 0.5) is 5.82 Å².